The molecular formula is C14H15NO. The Morgan fingerprint density at radius 1 is 1.25 bits per heavy atom. The van der Waals surface area contributed by atoms with Crippen molar-refractivity contribution in [1.29, 1.82) is 0 Å². The summed E-state index contributed by atoms with van der Waals surface area (Å²) < 4.78 is 0. The minimum atomic E-state index is 0.160. The van der Waals surface area contributed by atoms with Gasteiger partial charge in [0.1, 0.15) is 0 Å². The Bertz CT molecular complexity index is 420. The van der Waals surface area contributed by atoms with Crippen LogP contribution in [-0.4, -0.2) is 23.3 Å². The highest BCUT2D eigenvalue weighted by Crippen LogP contribution is 2.09. The third-order valence-corrected chi connectivity index (χ3v) is 2.72. The Hall–Kier alpha value is -1.83. The maximum Gasteiger partial charge on any atom is 0.182 e. The number of nitrogens with zero attached hydrogens (tertiary/aromatic N) is 1. The first-order chi connectivity index (χ1) is 7.77. The van der Waals surface area contributed by atoms with Crippen molar-refractivity contribution < 1.29 is 4.79 Å². The highest BCUT2D eigenvalue weighted by molar-refractivity contribution is 5.97. The van der Waals surface area contributed by atoms with Gasteiger partial charge in [-0.25, -0.2) is 0 Å². The Morgan fingerprint density at radius 3 is 2.69 bits per heavy atom. The average Bonchev–Trinajstić information content (AvgIpc) is 2.33. The maximum absolute atomic E-state index is 12.0. The molecule has 0 radical (unpaired) electrons. The molecule has 1 heterocycles. The largest absolute Gasteiger partial charge is 0.364 e. The van der Waals surface area contributed by atoms with Crippen molar-refractivity contribution in [3.8, 4) is 0 Å². The number of carbonyl (C=O) groups is 1. The lowest BCUT2D eigenvalue weighted by Crippen LogP contribution is -2.32. The highest BCUT2D eigenvalue weighted by atomic mass is 16.1. The van der Waals surface area contributed by atoms with Crippen LogP contribution in [0.4, 0.5) is 0 Å². The van der Waals surface area contributed by atoms with Gasteiger partial charge in [-0.05, 0) is 13.0 Å². The Morgan fingerprint density at radius 2 is 2.00 bits per heavy atom. The molecule has 82 valence electrons. The molecule has 2 rings (SSSR count). The van der Waals surface area contributed by atoms with Crippen molar-refractivity contribution in [1.82, 2.24) is 4.90 Å². The molecule has 0 fully saturated rings. The molecule has 1 aliphatic heterocycles. The number of Topliss-reactive ketones (excluding diaryl/α,β-unsaturated/α-hetero) is 1. The third-order valence-electron chi connectivity index (χ3n) is 2.72. The van der Waals surface area contributed by atoms with E-state index in [-0.39, 0.29) is 11.8 Å². The molecule has 1 atom stereocenters. The first kappa shape index (κ1) is 10.7. The molecule has 2 nitrogen and oxygen atoms in total. The monoisotopic (exact) mass is 213 g/mol. The molecule has 0 bridgehead atoms. The summed E-state index contributed by atoms with van der Waals surface area (Å²) in [5.74, 6) is 0.160. The number of carbonyl (C=O) groups excluding carboxylic acids is 1. The molecule has 0 saturated carbocycles. The van der Waals surface area contributed by atoms with Gasteiger partial charge >= 0.3 is 0 Å². The molecule has 1 aromatic carbocycles. The van der Waals surface area contributed by atoms with Gasteiger partial charge in [0.15, 0.2) is 5.78 Å². The smallest absolute Gasteiger partial charge is 0.182 e. The summed E-state index contributed by atoms with van der Waals surface area (Å²) >= 11 is 0. The lowest BCUT2D eigenvalue weighted by atomic mass is 10.1. The van der Waals surface area contributed by atoms with Crippen LogP contribution in [0.25, 0.3) is 0 Å². The maximum atomic E-state index is 12.0. The predicted molar refractivity (Wildman–Crippen MR) is 65.2 cm³/mol. The molecule has 2 heteroatoms. The van der Waals surface area contributed by atoms with Crippen LogP contribution in [0.3, 0.4) is 0 Å². The SMILES string of the molecule is C[C@H]1C=CC=CN1CC(=O)c1ccccc1. The van der Waals surface area contributed by atoms with Crippen molar-refractivity contribution in [2.75, 3.05) is 6.54 Å². The van der Waals surface area contributed by atoms with E-state index in [9.17, 15) is 4.79 Å². The van der Waals surface area contributed by atoms with Crippen LogP contribution in [0.2, 0.25) is 0 Å². The standard InChI is InChI=1S/C14H15NO/c1-12-7-5-6-10-15(12)11-14(16)13-8-3-2-4-9-13/h2-10,12H,11H2,1H3/t12-/m0/s1. The second-order valence-corrected chi connectivity index (χ2v) is 3.93. The zero-order valence-corrected chi connectivity index (χ0v) is 9.34. The fourth-order valence-electron chi connectivity index (χ4n) is 1.71. The van der Waals surface area contributed by atoms with Crippen molar-refractivity contribution in [2.45, 2.75) is 13.0 Å². The topological polar surface area (TPSA) is 20.3 Å². The third kappa shape index (κ3) is 2.40. The summed E-state index contributed by atoms with van der Waals surface area (Å²) in [5, 5.41) is 0. The van der Waals surface area contributed by atoms with Gasteiger partial charge in [0.25, 0.3) is 0 Å². The summed E-state index contributed by atoms with van der Waals surface area (Å²) in [6.45, 7) is 2.52. The van der Waals surface area contributed by atoms with Gasteiger partial charge in [-0.15, -0.1) is 0 Å². The fourth-order valence-corrected chi connectivity index (χ4v) is 1.71. The summed E-state index contributed by atoms with van der Waals surface area (Å²) in [5.41, 5.74) is 0.776. The molecule has 0 unspecified atom stereocenters. The molecule has 0 aromatic heterocycles. The first-order valence-corrected chi connectivity index (χ1v) is 5.46. The van der Waals surface area contributed by atoms with E-state index in [1.807, 2.05) is 53.6 Å². The van der Waals surface area contributed by atoms with E-state index in [1.165, 1.54) is 0 Å². The van der Waals surface area contributed by atoms with Crippen LogP contribution >= 0.6 is 0 Å². The van der Waals surface area contributed by atoms with Crippen molar-refractivity contribution >= 4 is 5.78 Å². The Labute approximate surface area is 95.9 Å². The molecule has 16 heavy (non-hydrogen) atoms. The summed E-state index contributed by atoms with van der Waals surface area (Å²) in [6, 6.07) is 9.71. The van der Waals surface area contributed by atoms with E-state index < -0.39 is 0 Å². The fraction of sp³-hybridized carbons (Fsp3) is 0.214. The van der Waals surface area contributed by atoms with Crippen LogP contribution in [0.5, 0.6) is 0 Å². The zero-order valence-electron chi connectivity index (χ0n) is 9.34. The van der Waals surface area contributed by atoms with E-state index in [4.69, 9.17) is 0 Å². The zero-order chi connectivity index (χ0) is 11.4. The first-order valence-electron chi connectivity index (χ1n) is 5.46. The van der Waals surface area contributed by atoms with E-state index in [0.29, 0.717) is 6.54 Å². The highest BCUT2D eigenvalue weighted by Gasteiger charge is 2.14. The number of benzene rings is 1. The van der Waals surface area contributed by atoms with E-state index in [0.717, 1.165) is 5.56 Å². The minimum Gasteiger partial charge on any atom is -0.364 e. The normalized spacial score (nSPS) is 18.8. The molecule has 0 saturated heterocycles. The van der Waals surface area contributed by atoms with Gasteiger partial charge in [0, 0.05) is 17.8 Å². The molecule has 0 amide bonds. The van der Waals surface area contributed by atoms with Crippen molar-refractivity contribution in [2.24, 2.45) is 0 Å². The predicted octanol–water partition coefficient (Wildman–Crippen LogP) is 2.64. The number of allylic oxidation sites excluding steroid dienone is 2. The summed E-state index contributed by atoms with van der Waals surface area (Å²) in [6.07, 6.45) is 8.01. The van der Waals surface area contributed by atoms with E-state index in [2.05, 4.69) is 13.0 Å². The molecule has 1 aromatic rings. The molecule has 1 aliphatic rings. The summed E-state index contributed by atoms with van der Waals surface area (Å²) in [4.78, 5) is 14.0. The van der Waals surface area contributed by atoms with Crippen LogP contribution in [0.1, 0.15) is 17.3 Å². The quantitative estimate of drug-likeness (QED) is 0.719. The van der Waals surface area contributed by atoms with Gasteiger partial charge in [0.05, 0.1) is 6.54 Å². The van der Waals surface area contributed by atoms with Crippen LogP contribution in [0.15, 0.2) is 54.8 Å². The van der Waals surface area contributed by atoms with E-state index >= 15 is 0 Å². The van der Waals surface area contributed by atoms with Crippen LogP contribution < -0.4 is 0 Å². The Kier molecular flexibility index (Phi) is 3.20. The van der Waals surface area contributed by atoms with Gasteiger partial charge in [0.2, 0.25) is 0 Å². The van der Waals surface area contributed by atoms with Gasteiger partial charge in [-0.3, -0.25) is 4.79 Å². The Balaban J connectivity index is 2.03. The molecular weight excluding hydrogens is 198 g/mol. The van der Waals surface area contributed by atoms with Crippen molar-refractivity contribution in [3.05, 3.63) is 60.3 Å². The van der Waals surface area contributed by atoms with Crippen LogP contribution in [0, 0.1) is 0 Å². The number of hydrogen-bond donors (Lipinski definition) is 0. The minimum absolute atomic E-state index is 0.160. The molecule has 0 N–H and O–H groups in total. The number of ketones is 1. The van der Waals surface area contributed by atoms with Gasteiger partial charge < -0.3 is 4.90 Å². The lowest BCUT2D eigenvalue weighted by molar-refractivity contribution is 0.0947. The lowest BCUT2D eigenvalue weighted by Gasteiger charge is -2.26. The van der Waals surface area contributed by atoms with Gasteiger partial charge in [-0.2, -0.15) is 0 Å². The second kappa shape index (κ2) is 4.79. The summed E-state index contributed by atoms with van der Waals surface area (Å²) in [7, 11) is 0. The van der Waals surface area contributed by atoms with Crippen LogP contribution in [-0.2, 0) is 0 Å². The molecule has 0 spiro atoms. The second-order valence-electron chi connectivity index (χ2n) is 3.93. The van der Waals surface area contributed by atoms with Gasteiger partial charge in [-0.1, -0.05) is 42.5 Å². The van der Waals surface area contributed by atoms with E-state index in [1.54, 1.807) is 0 Å². The molecule has 0 aliphatic carbocycles. The van der Waals surface area contributed by atoms with Crippen molar-refractivity contribution in [3.63, 3.8) is 0 Å². The average molecular weight is 213 g/mol. The number of rotatable bonds is 3. The number of hydrogen-bond acceptors (Lipinski definition) is 2.